The Balaban J connectivity index is 3.83. The van der Waals surface area contributed by atoms with E-state index >= 15 is 0 Å². The number of nitrogens with zero attached hydrogens (tertiary/aromatic N) is 3. The van der Waals surface area contributed by atoms with Crippen molar-refractivity contribution in [2.45, 2.75) is 13.8 Å². The predicted octanol–water partition coefficient (Wildman–Crippen LogP) is 1.02. The molecule has 0 aromatic carbocycles. The smallest absolute Gasteiger partial charge is 0.308 e. The van der Waals surface area contributed by atoms with Gasteiger partial charge in [0.25, 0.3) is 0 Å². The highest BCUT2D eigenvalue weighted by Gasteiger charge is 2.16. The first kappa shape index (κ1) is 10.7. The molecule has 0 aromatic rings. The van der Waals surface area contributed by atoms with Gasteiger partial charge in [-0.25, -0.2) is 0 Å². The first-order valence-corrected chi connectivity index (χ1v) is 3.45. The quantitative estimate of drug-likeness (QED) is 0.377. The van der Waals surface area contributed by atoms with Crippen molar-refractivity contribution in [1.29, 1.82) is 0 Å². The number of urea groups is 1. The van der Waals surface area contributed by atoms with E-state index in [2.05, 4.69) is 15.3 Å². The van der Waals surface area contributed by atoms with E-state index in [1.807, 2.05) is 0 Å². The van der Waals surface area contributed by atoms with Crippen LogP contribution in [0, 0.1) is 5.41 Å². The van der Waals surface area contributed by atoms with Gasteiger partial charge in [-0.3, -0.25) is 4.79 Å². The zero-order chi connectivity index (χ0) is 9.61. The van der Waals surface area contributed by atoms with Gasteiger partial charge in [0.2, 0.25) is 0 Å². The first-order chi connectivity index (χ1) is 5.52. The largest absolute Gasteiger partial charge is 0.396 e. The average molecular weight is 172 g/mol. The van der Waals surface area contributed by atoms with E-state index in [1.54, 1.807) is 13.8 Å². The number of nitrogens with one attached hydrogen (secondary N) is 1. The fourth-order valence-electron chi connectivity index (χ4n) is 0.447. The van der Waals surface area contributed by atoms with Gasteiger partial charge in [-0.15, -0.1) is 0 Å². The molecule has 0 fully saturated rings. The minimum absolute atomic E-state index is 0.0381. The van der Waals surface area contributed by atoms with Crippen molar-refractivity contribution in [1.82, 2.24) is 5.32 Å². The minimum atomic E-state index is -0.723. The van der Waals surface area contributed by atoms with Crippen molar-refractivity contribution < 1.29 is 9.90 Å². The lowest BCUT2D eigenvalue weighted by Crippen LogP contribution is -2.34. The summed E-state index contributed by atoms with van der Waals surface area (Å²) in [5.41, 5.74) is 7.48. The standard InChI is InChI=1S/C6H12N4O2/c1-6(2,4-11)3-8-5(12)9-10-7/h11H,3-4H2,1-2H3,(H,8,12). The Morgan fingerprint density at radius 2 is 2.33 bits per heavy atom. The van der Waals surface area contributed by atoms with Gasteiger partial charge < -0.3 is 10.4 Å². The van der Waals surface area contributed by atoms with Crippen LogP contribution in [0.25, 0.3) is 10.4 Å². The Morgan fingerprint density at radius 1 is 1.75 bits per heavy atom. The normalized spacial score (nSPS) is 10.2. The van der Waals surface area contributed by atoms with Gasteiger partial charge in [0.05, 0.1) is 0 Å². The van der Waals surface area contributed by atoms with Crippen LogP contribution in [0.4, 0.5) is 4.79 Å². The second-order valence-corrected chi connectivity index (χ2v) is 3.17. The lowest BCUT2D eigenvalue weighted by atomic mass is 9.95. The fraction of sp³-hybridized carbons (Fsp3) is 0.833. The van der Waals surface area contributed by atoms with Crippen LogP contribution in [0.15, 0.2) is 5.11 Å². The van der Waals surface area contributed by atoms with E-state index in [1.165, 1.54) is 0 Å². The molecule has 0 atom stereocenters. The van der Waals surface area contributed by atoms with E-state index in [9.17, 15) is 4.79 Å². The van der Waals surface area contributed by atoms with E-state index in [-0.39, 0.29) is 18.6 Å². The Kier molecular flexibility index (Phi) is 4.10. The average Bonchev–Trinajstić information content (AvgIpc) is 2.02. The Morgan fingerprint density at radius 3 is 2.75 bits per heavy atom. The maximum absolute atomic E-state index is 10.6. The number of aliphatic hydroxyl groups is 1. The molecule has 12 heavy (non-hydrogen) atoms. The molecule has 0 aliphatic rings. The van der Waals surface area contributed by atoms with E-state index in [0.717, 1.165) is 0 Å². The third-order valence-corrected chi connectivity index (χ3v) is 1.28. The van der Waals surface area contributed by atoms with Crippen LogP contribution in [-0.4, -0.2) is 24.3 Å². The number of aliphatic hydroxyl groups excluding tert-OH is 1. The van der Waals surface area contributed by atoms with E-state index < -0.39 is 6.03 Å². The maximum Gasteiger partial charge on any atom is 0.308 e. The van der Waals surface area contributed by atoms with Crippen LogP contribution < -0.4 is 5.32 Å². The summed E-state index contributed by atoms with van der Waals surface area (Å²) < 4.78 is 0. The Hall–Kier alpha value is -1.26. The monoisotopic (exact) mass is 172 g/mol. The van der Waals surface area contributed by atoms with Crippen molar-refractivity contribution in [2.24, 2.45) is 10.5 Å². The summed E-state index contributed by atoms with van der Waals surface area (Å²) in [5.74, 6) is 0. The molecule has 2 amide bonds. The third kappa shape index (κ3) is 4.54. The first-order valence-electron chi connectivity index (χ1n) is 3.45. The van der Waals surface area contributed by atoms with Gasteiger partial charge in [-0.1, -0.05) is 13.8 Å². The van der Waals surface area contributed by atoms with Gasteiger partial charge in [0.1, 0.15) is 0 Å². The highest BCUT2D eigenvalue weighted by molar-refractivity contribution is 5.74. The molecule has 0 radical (unpaired) electrons. The van der Waals surface area contributed by atoms with Crippen molar-refractivity contribution >= 4 is 6.03 Å². The van der Waals surface area contributed by atoms with Gasteiger partial charge in [-0.05, 0) is 5.53 Å². The molecule has 0 aliphatic heterocycles. The van der Waals surface area contributed by atoms with Crippen LogP contribution in [0.5, 0.6) is 0 Å². The van der Waals surface area contributed by atoms with E-state index in [4.69, 9.17) is 10.6 Å². The summed E-state index contributed by atoms with van der Waals surface area (Å²) >= 11 is 0. The Labute approximate surface area is 70.2 Å². The van der Waals surface area contributed by atoms with Crippen molar-refractivity contribution in [3.8, 4) is 0 Å². The highest BCUT2D eigenvalue weighted by Crippen LogP contribution is 2.10. The lowest BCUT2D eigenvalue weighted by Gasteiger charge is -2.20. The molecule has 2 N–H and O–H groups in total. The van der Waals surface area contributed by atoms with Crippen molar-refractivity contribution in [2.75, 3.05) is 13.2 Å². The molecular weight excluding hydrogens is 160 g/mol. The lowest BCUT2D eigenvalue weighted by molar-refractivity contribution is 0.158. The third-order valence-electron chi connectivity index (χ3n) is 1.28. The molecule has 0 aromatic heterocycles. The number of carbonyl (C=O) groups excluding carboxylic acids is 1. The van der Waals surface area contributed by atoms with Crippen LogP contribution in [-0.2, 0) is 0 Å². The number of hydrogen-bond donors (Lipinski definition) is 2. The summed E-state index contributed by atoms with van der Waals surface area (Å²) in [7, 11) is 0. The van der Waals surface area contributed by atoms with Gasteiger partial charge in [0.15, 0.2) is 0 Å². The summed E-state index contributed by atoms with van der Waals surface area (Å²) in [6, 6.07) is -0.723. The molecule has 0 saturated carbocycles. The van der Waals surface area contributed by atoms with E-state index in [0.29, 0.717) is 0 Å². The SMILES string of the molecule is CC(C)(CO)CNC(=O)N=[N+]=[N-]. The zero-order valence-corrected chi connectivity index (χ0v) is 7.11. The molecule has 0 aliphatic carbocycles. The summed E-state index contributed by atoms with van der Waals surface area (Å²) in [4.78, 5) is 12.9. The molecule has 6 nitrogen and oxygen atoms in total. The molecule has 6 heteroatoms. The minimum Gasteiger partial charge on any atom is -0.396 e. The second kappa shape index (κ2) is 4.58. The van der Waals surface area contributed by atoms with Gasteiger partial charge >= 0.3 is 6.03 Å². The summed E-state index contributed by atoms with van der Waals surface area (Å²) in [6.07, 6.45) is 0. The molecular formula is C6H12N4O2. The summed E-state index contributed by atoms with van der Waals surface area (Å²) in [5, 5.41) is 13.9. The molecule has 0 rings (SSSR count). The van der Waals surface area contributed by atoms with Crippen LogP contribution in [0.1, 0.15) is 13.8 Å². The number of azide groups is 1. The zero-order valence-electron chi connectivity index (χ0n) is 7.11. The Bertz CT molecular complexity index is 208. The molecule has 0 spiro atoms. The highest BCUT2D eigenvalue weighted by atomic mass is 16.3. The fourth-order valence-corrected chi connectivity index (χ4v) is 0.447. The van der Waals surface area contributed by atoms with Crippen molar-refractivity contribution in [3.63, 3.8) is 0 Å². The number of amides is 2. The van der Waals surface area contributed by atoms with Gasteiger partial charge in [-0.2, -0.15) is 0 Å². The number of rotatable bonds is 3. The van der Waals surface area contributed by atoms with Crippen LogP contribution >= 0.6 is 0 Å². The topological polar surface area (TPSA) is 98.1 Å². The maximum atomic E-state index is 10.6. The molecule has 0 saturated heterocycles. The van der Waals surface area contributed by atoms with Crippen LogP contribution in [0.2, 0.25) is 0 Å². The molecule has 0 bridgehead atoms. The molecule has 0 heterocycles. The number of carbonyl (C=O) groups is 1. The van der Waals surface area contributed by atoms with Crippen molar-refractivity contribution in [3.05, 3.63) is 10.4 Å². The predicted molar refractivity (Wildman–Crippen MR) is 43.4 cm³/mol. The molecule has 68 valence electrons. The van der Waals surface area contributed by atoms with Gasteiger partial charge in [0, 0.05) is 28.6 Å². The van der Waals surface area contributed by atoms with Crippen LogP contribution in [0.3, 0.4) is 0 Å². The second-order valence-electron chi connectivity index (χ2n) is 3.17. The molecule has 0 unspecified atom stereocenters. The summed E-state index contributed by atoms with van der Waals surface area (Å²) in [6.45, 7) is 3.80. The number of hydrogen-bond acceptors (Lipinski definition) is 2.